The van der Waals surface area contributed by atoms with Gasteiger partial charge in [0.1, 0.15) is 5.76 Å². The molecule has 1 N–H and O–H groups in total. The van der Waals surface area contributed by atoms with Gasteiger partial charge in [-0.25, -0.2) is 4.98 Å². The van der Waals surface area contributed by atoms with Crippen LogP contribution in [0.25, 0.3) is 0 Å². The predicted octanol–water partition coefficient (Wildman–Crippen LogP) is 1.40. The van der Waals surface area contributed by atoms with Gasteiger partial charge in [-0.1, -0.05) is 6.92 Å². The summed E-state index contributed by atoms with van der Waals surface area (Å²) in [6.45, 7) is 7.63. The van der Waals surface area contributed by atoms with Crippen LogP contribution in [0, 0.1) is 13.8 Å². The lowest BCUT2D eigenvalue weighted by Crippen LogP contribution is -2.11. The molecule has 0 bridgehead atoms. The number of hydrogen-bond donors (Lipinski definition) is 1. The zero-order chi connectivity index (χ0) is 8.27. The molecule has 11 heavy (non-hydrogen) atoms. The molecular formula is C8H14N2O. The van der Waals surface area contributed by atoms with Crippen LogP contribution < -0.4 is 5.32 Å². The molecule has 0 amide bonds. The zero-order valence-electron chi connectivity index (χ0n) is 7.27. The van der Waals surface area contributed by atoms with Crippen molar-refractivity contribution in [3.8, 4) is 0 Å². The summed E-state index contributed by atoms with van der Waals surface area (Å²) in [7, 11) is 0. The molecule has 0 aliphatic carbocycles. The Kier molecular flexibility index (Phi) is 2.65. The van der Waals surface area contributed by atoms with E-state index in [1.807, 2.05) is 13.8 Å². The molecule has 3 heteroatoms. The second-order valence-electron chi connectivity index (χ2n) is 2.52. The van der Waals surface area contributed by atoms with E-state index in [0.29, 0.717) is 0 Å². The Morgan fingerprint density at radius 2 is 2.18 bits per heavy atom. The highest BCUT2D eigenvalue weighted by molar-refractivity contribution is 5.06. The summed E-state index contributed by atoms with van der Waals surface area (Å²) in [5, 5.41) is 3.18. The second kappa shape index (κ2) is 3.53. The van der Waals surface area contributed by atoms with Crippen LogP contribution >= 0.6 is 0 Å². The van der Waals surface area contributed by atoms with E-state index in [-0.39, 0.29) is 0 Å². The van der Waals surface area contributed by atoms with Crippen LogP contribution in [0.5, 0.6) is 0 Å². The maximum atomic E-state index is 5.34. The van der Waals surface area contributed by atoms with Crippen molar-refractivity contribution < 1.29 is 4.42 Å². The Labute approximate surface area is 66.8 Å². The average Bonchev–Trinajstić information content (AvgIpc) is 2.26. The Balaban J connectivity index is 2.62. The van der Waals surface area contributed by atoms with Gasteiger partial charge in [-0.3, -0.25) is 0 Å². The molecule has 1 rings (SSSR count). The van der Waals surface area contributed by atoms with E-state index < -0.39 is 0 Å². The molecule has 0 unspecified atom stereocenters. The summed E-state index contributed by atoms with van der Waals surface area (Å²) in [5.41, 5.74) is 0.989. The van der Waals surface area contributed by atoms with Crippen molar-refractivity contribution in [3.05, 3.63) is 17.3 Å². The minimum absolute atomic E-state index is 0.746. The Hall–Kier alpha value is -0.830. The lowest BCUT2D eigenvalue weighted by Gasteiger charge is -1.96. The third-order valence-electron chi connectivity index (χ3n) is 1.54. The van der Waals surface area contributed by atoms with Crippen LogP contribution in [0.4, 0.5) is 0 Å². The van der Waals surface area contributed by atoms with E-state index in [1.54, 1.807) is 0 Å². The van der Waals surface area contributed by atoms with Crippen molar-refractivity contribution >= 4 is 0 Å². The number of nitrogens with zero attached hydrogens (tertiary/aromatic N) is 1. The van der Waals surface area contributed by atoms with Gasteiger partial charge in [0.05, 0.1) is 12.2 Å². The molecule has 0 radical (unpaired) electrons. The molecule has 0 saturated carbocycles. The fourth-order valence-electron chi connectivity index (χ4n) is 0.976. The molecular weight excluding hydrogens is 140 g/mol. The van der Waals surface area contributed by atoms with Gasteiger partial charge in [0, 0.05) is 6.92 Å². The van der Waals surface area contributed by atoms with Crippen molar-refractivity contribution in [1.82, 2.24) is 10.3 Å². The fourth-order valence-corrected chi connectivity index (χ4v) is 0.976. The molecule has 0 saturated heterocycles. The number of oxazole rings is 1. The average molecular weight is 154 g/mol. The zero-order valence-corrected chi connectivity index (χ0v) is 7.27. The summed E-state index contributed by atoms with van der Waals surface area (Å²) >= 11 is 0. The highest BCUT2D eigenvalue weighted by Gasteiger charge is 2.04. The van der Waals surface area contributed by atoms with Gasteiger partial charge >= 0.3 is 0 Å². The topological polar surface area (TPSA) is 38.1 Å². The van der Waals surface area contributed by atoms with E-state index in [4.69, 9.17) is 4.42 Å². The van der Waals surface area contributed by atoms with Crippen LogP contribution in [-0.2, 0) is 6.54 Å². The van der Waals surface area contributed by atoms with Crippen molar-refractivity contribution in [2.24, 2.45) is 0 Å². The molecule has 0 spiro atoms. The SMILES string of the molecule is CCNCc1oc(C)nc1C. The molecule has 0 aliphatic rings. The Morgan fingerprint density at radius 1 is 1.45 bits per heavy atom. The highest BCUT2D eigenvalue weighted by Crippen LogP contribution is 2.07. The Morgan fingerprint density at radius 3 is 2.64 bits per heavy atom. The fraction of sp³-hybridized carbons (Fsp3) is 0.625. The number of rotatable bonds is 3. The smallest absolute Gasteiger partial charge is 0.191 e. The third-order valence-corrected chi connectivity index (χ3v) is 1.54. The second-order valence-corrected chi connectivity index (χ2v) is 2.52. The van der Waals surface area contributed by atoms with Gasteiger partial charge < -0.3 is 9.73 Å². The highest BCUT2D eigenvalue weighted by atomic mass is 16.4. The van der Waals surface area contributed by atoms with Gasteiger partial charge in [-0.2, -0.15) is 0 Å². The maximum absolute atomic E-state index is 5.34. The lowest BCUT2D eigenvalue weighted by molar-refractivity contribution is 0.457. The summed E-state index contributed by atoms with van der Waals surface area (Å²) in [6.07, 6.45) is 0. The quantitative estimate of drug-likeness (QED) is 0.715. The van der Waals surface area contributed by atoms with Gasteiger partial charge in [-0.05, 0) is 13.5 Å². The molecule has 1 aromatic rings. The first-order valence-corrected chi connectivity index (χ1v) is 3.87. The Bertz CT molecular complexity index is 230. The summed E-state index contributed by atoms with van der Waals surface area (Å²) < 4.78 is 5.34. The van der Waals surface area contributed by atoms with Gasteiger partial charge in [-0.15, -0.1) is 0 Å². The van der Waals surface area contributed by atoms with Crippen LogP contribution in [0.2, 0.25) is 0 Å². The summed E-state index contributed by atoms with van der Waals surface area (Å²) in [6, 6.07) is 0. The first-order valence-electron chi connectivity index (χ1n) is 3.87. The first kappa shape index (κ1) is 8.27. The normalized spacial score (nSPS) is 10.5. The van der Waals surface area contributed by atoms with Crippen LogP contribution in [0.15, 0.2) is 4.42 Å². The molecule has 1 heterocycles. The molecule has 3 nitrogen and oxygen atoms in total. The maximum Gasteiger partial charge on any atom is 0.191 e. The van der Waals surface area contributed by atoms with E-state index in [9.17, 15) is 0 Å². The predicted molar refractivity (Wildman–Crippen MR) is 43.4 cm³/mol. The van der Waals surface area contributed by atoms with Gasteiger partial charge in [0.25, 0.3) is 0 Å². The van der Waals surface area contributed by atoms with Crippen molar-refractivity contribution in [1.29, 1.82) is 0 Å². The molecule has 0 fully saturated rings. The first-order chi connectivity index (χ1) is 5.24. The molecule has 1 aromatic heterocycles. The monoisotopic (exact) mass is 154 g/mol. The minimum Gasteiger partial charge on any atom is -0.444 e. The lowest BCUT2D eigenvalue weighted by atomic mass is 10.4. The third kappa shape index (κ3) is 2.05. The molecule has 62 valence electrons. The molecule has 0 atom stereocenters. The number of aromatic nitrogens is 1. The standard InChI is InChI=1S/C8H14N2O/c1-4-9-5-8-6(2)10-7(3)11-8/h9H,4-5H2,1-3H3. The molecule has 0 aliphatic heterocycles. The van der Waals surface area contributed by atoms with Gasteiger partial charge in [0.2, 0.25) is 0 Å². The van der Waals surface area contributed by atoms with E-state index in [1.165, 1.54) is 0 Å². The van der Waals surface area contributed by atoms with Gasteiger partial charge in [0.15, 0.2) is 5.89 Å². The molecule has 0 aromatic carbocycles. The van der Waals surface area contributed by atoms with Crippen molar-refractivity contribution in [2.45, 2.75) is 27.3 Å². The number of hydrogen-bond acceptors (Lipinski definition) is 3. The van der Waals surface area contributed by atoms with Crippen LogP contribution in [0.1, 0.15) is 24.3 Å². The number of nitrogens with one attached hydrogen (secondary N) is 1. The van der Waals surface area contributed by atoms with Crippen molar-refractivity contribution in [3.63, 3.8) is 0 Å². The number of aryl methyl sites for hydroxylation is 2. The van der Waals surface area contributed by atoms with Crippen LogP contribution in [-0.4, -0.2) is 11.5 Å². The minimum atomic E-state index is 0.746. The van der Waals surface area contributed by atoms with Crippen molar-refractivity contribution in [2.75, 3.05) is 6.54 Å². The van der Waals surface area contributed by atoms with E-state index in [0.717, 1.165) is 30.4 Å². The summed E-state index contributed by atoms with van der Waals surface area (Å²) in [4.78, 5) is 4.16. The largest absolute Gasteiger partial charge is 0.444 e. The van der Waals surface area contributed by atoms with E-state index >= 15 is 0 Å². The van der Waals surface area contributed by atoms with Crippen LogP contribution in [0.3, 0.4) is 0 Å². The van der Waals surface area contributed by atoms with E-state index in [2.05, 4.69) is 17.2 Å². The summed E-state index contributed by atoms with van der Waals surface area (Å²) in [5.74, 6) is 1.69.